The van der Waals surface area contributed by atoms with E-state index in [1.807, 2.05) is 11.8 Å². The molecule has 0 unspecified atom stereocenters. The summed E-state index contributed by atoms with van der Waals surface area (Å²) in [5.74, 6) is -0.113. The highest BCUT2D eigenvalue weighted by molar-refractivity contribution is 5.89. The third-order valence-corrected chi connectivity index (χ3v) is 6.42. The van der Waals surface area contributed by atoms with Gasteiger partial charge in [-0.2, -0.15) is 0 Å². The lowest BCUT2D eigenvalue weighted by atomic mass is 10.1. The van der Waals surface area contributed by atoms with Gasteiger partial charge in [-0.1, -0.05) is 38.3 Å². The van der Waals surface area contributed by atoms with Crippen molar-refractivity contribution in [2.75, 3.05) is 26.3 Å². The average molecular weight is 485 g/mol. The Morgan fingerprint density at radius 3 is 2.34 bits per heavy atom. The van der Waals surface area contributed by atoms with Crippen LogP contribution in [-0.4, -0.2) is 60.1 Å². The fourth-order valence-electron chi connectivity index (χ4n) is 4.28. The number of amides is 1. The molecule has 6 nitrogen and oxygen atoms in total. The Hall–Kier alpha value is -2.93. The number of hydrogen-bond donors (Lipinski definition) is 0. The number of benzene rings is 2. The zero-order valence-electron chi connectivity index (χ0n) is 21.0. The third-order valence-electron chi connectivity index (χ3n) is 6.42. The second-order valence-corrected chi connectivity index (χ2v) is 9.31. The number of ether oxygens (including phenoxy) is 2. The van der Waals surface area contributed by atoms with Crippen LogP contribution in [0.3, 0.4) is 0 Å². The molecule has 190 valence electrons. The Morgan fingerprint density at radius 1 is 0.943 bits per heavy atom. The van der Waals surface area contributed by atoms with Gasteiger partial charge in [0.05, 0.1) is 12.2 Å². The number of nitrogens with zero attached hydrogens (tertiary/aromatic N) is 2. The minimum absolute atomic E-state index is 0.0391. The van der Waals surface area contributed by atoms with Crippen LogP contribution in [0.5, 0.6) is 5.75 Å². The van der Waals surface area contributed by atoms with Gasteiger partial charge >= 0.3 is 5.97 Å². The van der Waals surface area contributed by atoms with Crippen LogP contribution in [0.25, 0.3) is 0 Å². The summed E-state index contributed by atoms with van der Waals surface area (Å²) in [6.45, 7) is 8.70. The van der Waals surface area contributed by atoms with E-state index in [0.717, 1.165) is 44.3 Å². The number of carbonyl (C=O) groups is 2. The first-order valence-electron chi connectivity index (χ1n) is 12.5. The molecule has 3 rings (SSSR count). The monoisotopic (exact) mass is 484 g/mol. The van der Waals surface area contributed by atoms with Crippen molar-refractivity contribution in [1.82, 2.24) is 9.80 Å². The summed E-state index contributed by atoms with van der Waals surface area (Å²) in [5.41, 5.74) is 1.52. The molecular formula is C28H37FN2O4. The Balaban J connectivity index is 1.44. The van der Waals surface area contributed by atoms with Crippen molar-refractivity contribution in [3.8, 4) is 5.75 Å². The normalized spacial score (nSPS) is 18.3. The van der Waals surface area contributed by atoms with Crippen LogP contribution >= 0.6 is 0 Å². The first-order chi connectivity index (χ1) is 16.9. The van der Waals surface area contributed by atoms with E-state index in [-0.39, 0.29) is 36.4 Å². The molecule has 0 N–H and O–H groups in total. The molecular weight excluding hydrogens is 447 g/mol. The molecule has 1 heterocycles. The highest BCUT2D eigenvalue weighted by atomic mass is 19.1. The van der Waals surface area contributed by atoms with Crippen LogP contribution in [0.15, 0.2) is 48.5 Å². The van der Waals surface area contributed by atoms with Gasteiger partial charge in [-0.05, 0) is 62.2 Å². The van der Waals surface area contributed by atoms with E-state index in [1.54, 1.807) is 36.4 Å². The summed E-state index contributed by atoms with van der Waals surface area (Å²) in [4.78, 5) is 29.2. The van der Waals surface area contributed by atoms with Crippen LogP contribution in [-0.2, 0) is 16.1 Å². The van der Waals surface area contributed by atoms with Gasteiger partial charge in [0.15, 0.2) is 6.61 Å². The number of halogens is 1. The lowest BCUT2D eigenvalue weighted by molar-refractivity contribution is -0.139. The summed E-state index contributed by atoms with van der Waals surface area (Å²) >= 11 is 0. The predicted octanol–water partition coefficient (Wildman–Crippen LogP) is 5.06. The van der Waals surface area contributed by atoms with Crippen molar-refractivity contribution in [3.63, 3.8) is 0 Å². The molecule has 35 heavy (non-hydrogen) atoms. The van der Waals surface area contributed by atoms with Crippen LogP contribution in [0.2, 0.25) is 0 Å². The number of esters is 1. The minimum atomic E-state index is -0.342. The van der Waals surface area contributed by atoms with Crippen LogP contribution < -0.4 is 4.74 Å². The van der Waals surface area contributed by atoms with Crippen molar-refractivity contribution >= 4 is 11.9 Å². The third kappa shape index (κ3) is 8.06. The summed E-state index contributed by atoms with van der Waals surface area (Å²) in [5, 5.41) is 0. The SMILES string of the molecule is CCCCCCOC(=O)c1ccc(OCC(=O)N2C[C@H](C)N(Cc3ccc(F)cc3)C[C@H]2C)cc1. The molecule has 1 fully saturated rings. The first kappa shape index (κ1) is 26.7. The van der Waals surface area contributed by atoms with E-state index in [1.165, 1.54) is 12.1 Å². The number of rotatable bonds is 11. The molecule has 0 aliphatic carbocycles. The van der Waals surface area contributed by atoms with Gasteiger partial charge in [-0.3, -0.25) is 9.69 Å². The number of unbranched alkanes of at least 4 members (excludes halogenated alkanes) is 3. The number of piperazine rings is 1. The topological polar surface area (TPSA) is 59.1 Å². The molecule has 2 aromatic rings. The number of hydrogen-bond acceptors (Lipinski definition) is 5. The van der Waals surface area contributed by atoms with E-state index in [2.05, 4.69) is 18.7 Å². The second-order valence-electron chi connectivity index (χ2n) is 9.31. The molecule has 2 aromatic carbocycles. The lowest BCUT2D eigenvalue weighted by Gasteiger charge is -2.44. The maximum atomic E-state index is 13.2. The zero-order chi connectivity index (χ0) is 25.2. The number of carbonyl (C=O) groups excluding carboxylic acids is 2. The van der Waals surface area contributed by atoms with Crippen LogP contribution in [0, 0.1) is 5.82 Å². The van der Waals surface area contributed by atoms with Crippen molar-refractivity contribution < 1.29 is 23.5 Å². The van der Waals surface area contributed by atoms with Crippen molar-refractivity contribution in [1.29, 1.82) is 0 Å². The van der Waals surface area contributed by atoms with E-state index in [9.17, 15) is 14.0 Å². The minimum Gasteiger partial charge on any atom is -0.484 e. The molecule has 0 bridgehead atoms. The molecule has 0 radical (unpaired) electrons. The largest absolute Gasteiger partial charge is 0.484 e. The highest BCUT2D eigenvalue weighted by Gasteiger charge is 2.32. The van der Waals surface area contributed by atoms with Crippen molar-refractivity contribution in [2.24, 2.45) is 0 Å². The quantitative estimate of drug-likeness (QED) is 0.330. The lowest BCUT2D eigenvalue weighted by Crippen LogP contribution is -2.58. The van der Waals surface area contributed by atoms with Gasteiger partial charge in [0.25, 0.3) is 5.91 Å². The van der Waals surface area contributed by atoms with E-state index < -0.39 is 0 Å². The molecule has 1 amide bonds. The van der Waals surface area contributed by atoms with Gasteiger partial charge in [-0.15, -0.1) is 0 Å². The summed E-state index contributed by atoms with van der Waals surface area (Å²) in [6, 6.07) is 13.5. The molecule has 0 saturated carbocycles. The predicted molar refractivity (Wildman–Crippen MR) is 134 cm³/mol. The second kappa shape index (κ2) is 13.2. The van der Waals surface area contributed by atoms with Gasteiger partial charge in [-0.25, -0.2) is 9.18 Å². The van der Waals surface area contributed by atoms with Gasteiger partial charge in [0, 0.05) is 31.7 Å². The van der Waals surface area contributed by atoms with Crippen LogP contribution in [0.1, 0.15) is 62.4 Å². The van der Waals surface area contributed by atoms with Crippen molar-refractivity contribution in [3.05, 3.63) is 65.5 Å². The summed E-state index contributed by atoms with van der Waals surface area (Å²) in [6.07, 6.45) is 4.22. The Kier molecular flexibility index (Phi) is 10.1. The Bertz CT molecular complexity index is 948. The maximum absolute atomic E-state index is 13.2. The first-order valence-corrected chi connectivity index (χ1v) is 12.5. The fourth-order valence-corrected chi connectivity index (χ4v) is 4.28. The molecule has 7 heteroatoms. The molecule has 1 aliphatic heterocycles. The van der Waals surface area contributed by atoms with E-state index >= 15 is 0 Å². The Morgan fingerprint density at radius 2 is 1.66 bits per heavy atom. The summed E-state index contributed by atoms with van der Waals surface area (Å²) < 4.78 is 24.2. The average Bonchev–Trinajstić information content (AvgIpc) is 2.86. The maximum Gasteiger partial charge on any atom is 0.338 e. The van der Waals surface area contributed by atoms with E-state index in [0.29, 0.717) is 24.5 Å². The molecule has 1 aliphatic rings. The summed E-state index contributed by atoms with van der Waals surface area (Å²) in [7, 11) is 0. The van der Waals surface area contributed by atoms with Gasteiger partial charge in [0.1, 0.15) is 11.6 Å². The Labute approximate surface area is 208 Å². The van der Waals surface area contributed by atoms with E-state index in [4.69, 9.17) is 9.47 Å². The smallest absolute Gasteiger partial charge is 0.338 e. The van der Waals surface area contributed by atoms with Gasteiger partial charge in [0.2, 0.25) is 0 Å². The van der Waals surface area contributed by atoms with Crippen LogP contribution in [0.4, 0.5) is 4.39 Å². The molecule has 0 aromatic heterocycles. The van der Waals surface area contributed by atoms with Gasteiger partial charge < -0.3 is 14.4 Å². The molecule has 0 spiro atoms. The molecule has 1 saturated heterocycles. The zero-order valence-corrected chi connectivity index (χ0v) is 21.0. The van der Waals surface area contributed by atoms with Crippen molar-refractivity contribution in [2.45, 2.75) is 65.1 Å². The standard InChI is InChI=1S/C28H37FN2O4/c1-4-5-6-7-16-34-28(33)24-10-14-26(15-11-24)35-20-27(32)31-18-21(2)30(17-22(31)3)19-23-8-12-25(29)13-9-23/h8-15,21-22H,4-7,16-20H2,1-3H3/t21-,22+/m0/s1. The highest BCUT2D eigenvalue weighted by Crippen LogP contribution is 2.19. The fraction of sp³-hybridized carbons (Fsp3) is 0.500. The molecule has 2 atom stereocenters.